The summed E-state index contributed by atoms with van der Waals surface area (Å²) in [6.45, 7) is 21.9. The van der Waals surface area contributed by atoms with Gasteiger partial charge in [-0.25, -0.2) is 4.98 Å². The maximum absolute atomic E-state index is 14.3. The highest BCUT2D eigenvalue weighted by Gasteiger charge is 2.64. The number of halogens is 3. The molecule has 1 aromatic heterocycles. The van der Waals surface area contributed by atoms with Crippen LogP contribution in [0.5, 0.6) is 5.75 Å². The molecule has 4 aliphatic rings. The molecule has 0 spiro atoms. The molecule has 3 aliphatic heterocycles. The van der Waals surface area contributed by atoms with E-state index in [9.17, 15) is 42.7 Å². The minimum absolute atomic E-state index is 0.00301. The number of rotatable bonds is 16. The van der Waals surface area contributed by atoms with Gasteiger partial charge in [0.15, 0.2) is 0 Å². The minimum atomic E-state index is -4.72. The molecule has 0 unspecified atom stereocenters. The highest BCUT2D eigenvalue weighted by molar-refractivity contribution is 7.13. The third kappa shape index (κ3) is 12.1. The van der Waals surface area contributed by atoms with Gasteiger partial charge < -0.3 is 40.3 Å². The number of ether oxygens (including phenoxy) is 2. The zero-order chi connectivity index (χ0) is 55.1. The van der Waals surface area contributed by atoms with Crippen molar-refractivity contribution in [2.45, 2.75) is 118 Å². The van der Waals surface area contributed by atoms with Crippen LogP contribution in [0.25, 0.3) is 10.4 Å². The number of β-amino-alcohol motifs (C(OH)–C–C–N with tert-alkyl or cyclic N) is 1. The molecule has 8 rings (SSSR count). The number of benzene rings is 3. The highest BCUT2D eigenvalue weighted by Crippen LogP contribution is 2.56. The molecule has 1 saturated carbocycles. The second-order valence-corrected chi connectivity index (χ2v) is 24.5. The van der Waals surface area contributed by atoms with E-state index in [1.165, 1.54) is 11.0 Å². The molecular formula is C57H71F3N8O7S. The van der Waals surface area contributed by atoms with E-state index in [1.807, 2.05) is 104 Å². The molecule has 0 bridgehead atoms. The Bertz CT molecular complexity index is 2800. The number of aromatic nitrogens is 1. The van der Waals surface area contributed by atoms with E-state index < -0.39 is 63.7 Å². The molecular weight excluding hydrogens is 998 g/mol. The van der Waals surface area contributed by atoms with Gasteiger partial charge in [0.05, 0.1) is 65.2 Å². The predicted molar refractivity (Wildman–Crippen MR) is 282 cm³/mol. The summed E-state index contributed by atoms with van der Waals surface area (Å²) in [6.07, 6.45) is -5.30. The standard InChI is InChI=1S/C57H71F3N8O7S/c1-34(37-14-16-38(17-15-37)46-35(2)62-33-76-46)63-49(72)44-24-41(69)28-68(44)50(73)47(53(3,4)5)64-45(70)29-66-20-22-67(23-21-66)30-56(31-74-32-56)26-36-10-12-39(13-11-36)48(71)65-51-54(6,7)52(55(51,8)9)75-42-19-18-40(27-61)43(25-42)57(58,59)60/h10-19,25,33-34,41,44,47,51-52,69H,20-24,26,28-32H2,1-9H3,(H,63,72)(H,64,70)(H,65,71)/t34-,41+,44-,47+,51-,52-/m0/s1. The van der Waals surface area contributed by atoms with Crippen LogP contribution in [0.1, 0.15) is 106 Å². The molecule has 76 heavy (non-hydrogen) atoms. The Hall–Kier alpha value is -5.91. The lowest BCUT2D eigenvalue weighted by Gasteiger charge is -2.63. The minimum Gasteiger partial charge on any atom is -0.489 e. The SMILES string of the molecule is Cc1ncsc1-c1ccc([C@H](C)NC(=O)[C@@H]2C[C@@H](O)CN2C(=O)[C@@H](NC(=O)CN2CCN(CC3(Cc4ccc(C(=O)N[C@H]5C(C)(C)[C@H](Oc6ccc(C#N)c(C(F)(F)F)c6)C5(C)C)cc4)COC3)CC2)C(C)(C)C)cc1. The number of likely N-dealkylation sites (tertiary alicyclic amines) is 1. The first kappa shape index (κ1) is 56.3. The molecule has 4 aromatic rings. The number of hydrogen-bond donors (Lipinski definition) is 4. The second kappa shape index (κ2) is 21.8. The normalized spacial score (nSPS) is 23.0. The summed E-state index contributed by atoms with van der Waals surface area (Å²) >= 11 is 1.57. The van der Waals surface area contributed by atoms with Crippen LogP contribution in [-0.2, 0) is 31.7 Å². The van der Waals surface area contributed by atoms with E-state index in [1.54, 1.807) is 29.5 Å². The first-order chi connectivity index (χ1) is 35.7. The van der Waals surface area contributed by atoms with Gasteiger partial charge in [-0.2, -0.15) is 18.4 Å². The average Bonchev–Trinajstić information content (AvgIpc) is 3.98. The Labute approximate surface area is 447 Å². The Kier molecular flexibility index (Phi) is 16.2. The number of nitrogens with one attached hydrogen (secondary N) is 3. The number of piperazine rings is 1. The Balaban J connectivity index is 0.800. The third-order valence-corrected chi connectivity index (χ3v) is 16.8. The molecule has 408 valence electrons. The zero-order valence-corrected chi connectivity index (χ0v) is 45.7. The van der Waals surface area contributed by atoms with Crippen LogP contribution in [0.3, 0.4) is 0 Å². The number of aliphatic hydroxyl groups is 1. The quantitative estimate of drug-likeness (QED) is 0.0891. The van der Waals surface area contributed by atoms with Gasteiger partial charge in [-0.05, 0) is 72.7 Å². The molecule has 0 radical (unpaired) electrons. The number of carbonyl (C=O) groups is 4. The van der Waals surface area contributed by atoms with Gasteiger partial charge >= 0.3 is 6.18 Å². The van der Waals surface area contributed by atoms with Crippen molar-refractivity contribution in [3.05, 3.63) is 106 Å². The number of aryl methyl sites for hydroxylation is 1. The van der Waals surface area contributed by atoms with Crippen molar-refractivity contribution >= 4 is 35.0 Å². The second-order valence-electron chi connectivity index (χ2n) is 23.7. The maximum Gasteiger partial charge on any atom is 0.417 e. The van der Waals surface area contributed by atoms with Gasteiger partial charge in [-0.15, -0.1) is 11.3 Å². The molecule has 3 aromatic carbocycles. The number of amides is 4. The van der Waals surface area contributed by atoms with Crippen LogP contribution in [0.2, 0.25) is 0 Å². The summed E-state index contributed by atoms with van der Waals surface area (Å²) in [5, 5.41) is 29.2. The van der Waals surface area contributed by atoms with E-state index in [0.717, 1.165) is 65.4 Å². The van der Waals surface area contributed by atoms with Crippen LogP contribution < -0.4 is 20.7 Å². The Morgan fingerprint density at radius 2 is 1.58 bits per heavy atom. The molecule has 1 aliphatic carbocycles. The summed E-state index contributed by atoms with van der Waals surface area (Å²) < 4.78 is 53.0. The van der Waals surface area contributed by atoms with Crippen molar-refractivity contribution in [1.29, 1.82) is 5.26 Å². The van der Waals surface area contributed by atoms with Gasteiger partial charge in [0.1, 0.15) is 23.9 Å². The Morgan fingerprint density at radius 3 is 2.14 bits per heavy atom. The zero-order valence-electron chi connectivity index (χ0n) is 44.8. The number of hydrogen-bond acceptors (Lipinski definition) is 12. The monoisotopic (exact) mass is 1070 g/mol. The van der Waals surface area contributed by atoms with E-state index >= 15 is 0 Å². The predicted octanol–water partition coefficient (Wildman–Crippen LogP) is 7.17. The number of nitrogens with zero attached hydrogens (tertiary/aromatic N) is 5. The molecule has 4 N–H and O–H groups in total. The van der Waals surface area contributed by atoms with E-state index in [4.69, 9.17) is 9.47 Å². The fourth-order valence-electron chi connectivity index (χ4n) is 11.9. The summed E-state index contributed by atoms with van der Waals surface area (Å²) in [6, 6.07) is 17.8. The lowest BCUT2D eigenvalue weighted by Crippen LogP contribution is -2.74. The summed E-state index contributed by atoms with van der Waals surface area (Å²) in [5.74, 6) is -1.34. The fourth-order valence-corrected chi connectivity index (χ4v) is 12.7. The summed E-state index contributed by atoms with van der Waals surface area (Å²) in [7, 11) is 0. The van der Waals surface area contributed by atoms with Crippen molar-refractivity contribution in [2.75, 3.05) is 59.0 Å². The lowest BCUT2D eigenvalue weighted by atomic mass is 9.49. The number of carbonyl (C=O) groups excluding carboxylic acids is 4. The van der Waals surface area contributed by atoms with Gasteiger partial charge in [0, 0.05) is 73.5 Å². The molecule has 3 saturated heterocycles. The van der Waals surface area contributed by atoms with E-state index in [-0.39, 0.29) is 60.5 Å². The highest BCUT2D eigenvalue weighted by atomic mass is 32.1. The van der Waals surface area contributed by atoms with Gasteiger partial charge in [0.25, 0.3) is 5.91 Å². The summed E-state index contributed by atoms with van der Waals surface area (Å²) in [5.41, 5.74) is 2.61. The van der Waals surface area contributed by atoms with Gasteiger partial charge in [-0.3, -0.25) is 24.1 Å². The fraction of sp³-hybridized carbons (Fsp3) is 0.544. The topological polar surface area (TPSA) is 189 Å². The largest absolute Gasteiger partial charge is 0.489 e. The van der Waals surface area contributed by atoms with Crippen LogP contribution in [0.4, 0.5) is 13.2 Å². The van der Waals surface area contributed by atoms with E-state index in [0.29, 0.717) is 31.9 Å². The number of aliphatic hydroxyl groups excluding tert-OH is 1. The number of thiazole rings is 1. The number of nitriles is 1. The smallest absolute Gasteiger partial charge is 0.417 e. The van der Waals surface area contributed by atoms with E-state index in [2.05, 4.69) is 30.7 Å². The van der Waals surface area contributed by atoms with Crippen LogP contribution >= 0.6 is 11.3 Å². The average molecular weight is 1070 g/mol. The van der Waals surface area contributed by atoms with Gasteiger partial charge in [0.2, 0.25) is 17.7 Å². The van der Waals surface area contributed by atoms with Crippen molar-refractivity contribution in [3.8, 4) is 22.3 Å². The molecule has 4 atom stereocenters. The van der Waals surface area contributed by atoms with Crippen LogP contribution in [-0.4, -0.2) is 138 Å². The molecule has 4 fully saturated rings. The number of alkyl halides is 3. The van der Waals surface area contributed by atoms with Crippen LogP contribution in [0.15, 0.2) is 72.2 Å². The van der Waals surface area contributed by atoms with Crippen molar-refractivity contribution < 1.29 is 46.9 Å². The molecule has 19 heteroatoms. The van der Waals surface area contributed by atoms with Crippen molar-refractivity contribution in [3.63, 3.8) is 0 Å². The third-order valence-electron chi connectivity index (χ3n) is 15.8. The molecule has 4 amide bonds. The summed E-state index contributed by atoms with van der Waals surface area (Å²) in [4.78, 5) is 66.8. The van der Waals surface area contributed by atoms with Crippen molar-refractivity contribution in [2.24, 2.45) is 21.7 Å². The van der Waals surface area contributed by atoms with Gasteiger partial charge in [-0.1, -0.05) is 84.9 Å². The molecule has 4 heterocycles. The Morgan fingerprint density at radius 1 is 0.934 bits per heavy atom. The first-order valence-corrected chi connectivity index (χ1v) is 26.9. The van der Waals surface area contributed by atoms with Crippen molar-refractivity contribution in [1.82, 2.24) is 35.6 Å². The van der Waals surface area contributed by atoms with Crippen LogP contribution in [0, 0.1) is 39.9 Å². The first-order valence-electron chi connectivity index (χ1n) is 26.0. The lowest BCUT2D eigenvalue weighted by molar-refractivity contribution is -0.164. The maximum atomic E-state index is 14.3. The molecule has 15 nitrogen and oxygen atoms in total.